The van der Waals surface area contributed by atoms with Crippen molar-refractivity contribution in [3.63, 3.8) is 0 Å². The van der Waals surface area contributed by atoms with Gasteiger partial charge < -0.3 is 35.6 Å². The number of phenolic OH excluding ortho intramolecular Hbond substituents is 1. The number of guanidine groups is 1. The molecule has 2 aromatic rings. The lowest BCUT2D eigenvalue weighted by atomic mass is 9.60. The van der Waals surface area contributed by atoms with Gasteiger partial charge in [0.05, 0.1) is 18.1 Å². The number of ether oxygens (including phenoxy) is 2. The Morgan fingerprint density at radius 3 is 2.65 bits per heavy atom. The van der Waals surface area contributed by atoms with Crippen molar-refractivity contribution >= 4 is 39.4 Å². The first-order valence-electron chi connectivity index (χ1n) is 27.8. The predicted octanol–water partition coefficient (Wildman–Crippen LogP) is 11.0. The number of carbonyl (C=O) groups is 2. The second kappa shape index (κ2) is 18.9. The Kier molecular flexibility index (Phi) is 12.8. The molecule has 2 aromatic carbocycles. The minimum absolute atomic E-state index is 0.0672. The number of benzene rings is 2. The molecule has 12 heteroatoms. The fourth-order valence-electron chi connectivity index (χ4n) is 16.7. The van der Waals surface area contributed by atoms with Crippen molar-refractivity contribution in [3.8, 4) is 23.3 Å². The monoisotopic (exact) mass is 1000 g/mol. The lowest BCUT2D eigenvalue weighted by Crippen LogP contribution is -2.56. The molecule has 0 unspecified atom stereocenters. The van der Waals surface area contributed by atoms with Gasteiger partial charge in [-0.25, -0.2) is 0 Å². The van der Waals surface area contributed by atoms with Crippen LogP contribution in [0.3, 0.4) is 0 Å². The topological polar surface area (TPSA) is 147 Å². The van der Waals surface area contributed by atoms with Crippen LogP contribution >= 0.6 is 21.6 Å². The summed E-state index contributed by atoms with van der Waals surface area (Å²) >= 11 is 0. The molecule has 1 amide bonds. The van der Waals surface area contributed by atoms with Crippen LogP contribution in [0, 0.1) is 45.8 Å². The van der Waals surface area contributed by atoms with E-state index >= 15 is 4.79 Å². The first kappa shape index (κ1) is 48.2. The number of aliphatic hydroxyl groups is 1. The maximum absolute atomic E-state index is 15.1. The third-order valence-electron chi connectivity index (χ3n) is 20.4. The Hall–Kier alpha value is -3.79. The van der Waals surface area contributed by atoms with Gasteiger partial charge in [-0.1, -0.05) is 63.9 Å². The van der Waals surface area contributed by atoms with Crippen LogP contribution in [0.15, 0.2) is 53.5 Å². The second-order valence-electron chi connectivity index (χ2n) is 24.3. The SMILES string of the molecule is CC(=O)O[C@@H]1CCc2cc(c(O)c3c2[C@H]2C=C[C@@]4(CCC[C@@H]4C2)O3)CN2C[C@@]3(CC2=O)[C@@H](c2ccccc2)CC[C@@]32C#CC[C@H]3CC[C@]4(CCC[C@]4(NC(N)=NC2)SSC2CCC(CC2)CC[C@H](O)C1)C3. The van der Waals surface area contributed by atoms with Crippen molar-refractivity contribution in [2.24, 2.45) is 44.7 Å². The van der Waals surface area contributed by atoms with Crippen molar-refractivity contribution in [1.82, 2.24) is 10.2 Å². The van der Waals surface area contributed by atoms with Crippen molar-refractivity contribution in [2.45, 2.75) is 201 Å². The van der Waals surface area contributed by atoms with Crippen LogP contribution in [-0.2, 0) is 27.3 Å². The summed E-state index contributed by atoms with van der Waals surface area (Å²) in [5, 5.41) is 28.8. The number of esters is 1. The number of nitrogens with zero attached hydrogens (tertiary/aromatic N) is 2. The van der Waals surface area contributed by atoms with Gasteiger partial charge in [0.15, 0.2) is 17.5 Å². The van der Waals surface area contributed by atoms with E-state index in [1.807, 2.05) is 4.90 Å². The average Bonchev–Trinajstić information content (AvgIpc) is 4.15. The van der Waals surface area contributed by atoms with E-state index in [1.54, 1.807) is 0 Å². The lowest BCUT2D eigenvalue weighted by Gasteiger charge is -2.45. The summed E-state index contributed by atoms with van der Waals surface area (Å²) in [5.74, 6) is 10.4. The molecule has 12 bridgehead atoms. The molecule has 6 aliphatic carbocycles. The first-order chi connectivity index (χ1) is 34.4. The van der Waals surface area contributed by atoms with E-state index in [-0.39, 0.29) is 46.3 Å². The molecule has 5 N–H and O–H groups in total. The molecule has 1 saturated heterocycles. The number of carbonyl (C=O) groups excluding carboxylic acids is 2. The molecule has 71 heavy (non-hydrogen) atoms. The van der Waals surface area contributed by atoms with Crippen molar-refractivity contribution in [2.75, 3.05) is 13.1 Å². The highest BCUT2D eigenvalue weighted by Gasteiger charge is 2.65. The van der Waals surface area contributed by atoms with Gasteiger partial charge in [0, 0.05) is 78.3 Å². The van der Waals surface area contributed by atoms with Crippen LogP contribution in [-0.4, -0.2) is 74.0 Å². The zero-order valence-corrected chi connectivity index (χ0v) is 43.6. The van der Waals surface area contributed by atoms with Crippen LogP contribution in [0.25, 0.3) is 0 Å². The lowest BCUT2D eigenvalue weighted by molar-refractivity contribution is -0.148. The van der Waals surface area contributed by atoms with E-state index in [1.165, 1.54) is 51.0 Å². The molecule has 0 radical (unpaired) electrons. The standard InChI is InChI=1S/C59H76N4O6S2/c1-38(64)68-47-17-15-42-30-44(52(67)53-51(42)43-21-29-58(69-53)25-6-11-45(58)31-43)35-63-37-57(34-50(63)66)49(41-9-3-2-4-10-41)22-28-56(57)23-5-8-40-20-27-55(33-40)24-7-26-59(55,62-54(60)61-36-56)71-70-48-18-13-39(14-19-48)12-16-46(65)32-47/h2-4,9-10,21,29-30,39-40,43,45-49,65,67H,6-8,11-20,22,24-28,31-37H2,1H3,(H3,60,61,62)/t39?,40-,43-,45+,46-,47+,48?,49+,55+,56+,57-,58+,59-/m0/s1. The number of nitrogens with two attached hydrogens (primary N) is 1. The third-order valence-corrected chi connectivity index (χ3v) is 24.2. The van der Waals surface area contributed by atoms with Gasteiger partial charge in [0.25, 0.3) is 0 Å². The van der Waals surface area contributed by atoms with E-state index in [2.05, 4.69) is 87.3 Å². The number of nitrogens with one attached hydrogen (secondary N) is 1. The Bertz CT molecular complexity index is 2520. The Balaban J connectivity index is 0.957. The highest BCUT2D eigenvalue weighted by atomic mass is 33.1. The highest BCUT2D eigenvalue weighted by molar-refractivity contribution is 8.77. The summed E-state index contributed by atoms with van der Waals surface area (Å²) in [7, 11) is 4.16. The molecule has 380 valence electrons. The number of hydrogen-bond donors (Lipinski definition) is 4. The molecule has 6 heterocycles. The zero-order valence-electron chi connectivity index (χ0n) is 41.9. The summed E-state index contributed by atoms with van der Waals surface area (Å²) in [4.78, 5) is 35.0. The molecule has 6 aliphatic heterocycles. The molecular formula is C59H76N4O6S2. The number of aliphatic imine (C=N–C) groups is 1. The highest BCUT2D eigenvalue weighted by Crippen LogP contribution is 2.67. The Morgan fingerprint density at radius 1 is 0.958 bits per heavy atom. The number of allylic oxidation sites excluding steroid dienone is 1. The van der Waals surface area contributed by atoms with E-state index < -0.39 is 28.6 Å². The Labute approximate surface area is 429 Å². The van der Waals surface area contributed by atoms with Gasteiger partial charge >= 0.3 is 5.97 Å². The summed E-state index contributed by atoms with van der Waals surface area (Å²) in [6, 6.07) is 12.9. The normalized spacial score (nSPS) is 40.8. The predicted molar refractivity (Wildman–Crippen MR) is 282 cm³/mol. The molecule has 5 saturated carbocycles. The van der Waals surface area contributed by atoms with Crippen LogP contribution in [0.5, 0.6) is 11.5 Å². The maximum Gasteiger partial charge on any atom is 0.302 e. The molecule has 5 spiro atoms. The minimum atomic E-state index is -0.602. The first-order valence-corrected chi connectivity index (χ1v) is 30.0. The summed E-state index contributed by atoms with van der Waals surface area (Å²) in [6.45, 7) is 2.62. The van der Waals surface area contributed by atoms with Gasteiger partial charge in [-0.2, -0.15) is 0 Å². The third kappa shape index (κ3) is 8.50. The molecule has 11 atom stereocenters. The van der Waals surface area contributed by atoms with Crippen LogP contribution in [0.4, 0.5) is 0 Å². The van der Waals surface area contributed by atoms with E-state index in [4.69, 9.17) is 20.2 Å². The van der Waals surface area contributed by atoms with Crippen LogP contribution in [0.2, 0.25) is 0 Å². The average molecular weight is 1000 g/mol. The minimum Gasteiger partial charge on any atom is -0.504 e. The molecular weight excluding hydrogens is 925 g/mol. The van der Waals surface area contributed by atoms with Gasteiger partial charge in [-0.05, 0) is 169 Å². The van der Waals surface area contributed by atoms with Crippen LogP contribution < -0.4 is 15.8 Å². The fraction of sp³-hybridized carbons (Fsp3) is 0.678. The van der Waals surface area contributed by atoms with E-state index in [0.29, 0.717) is 85.5 Å². The smallest absolute Gasteiger partial charge is 0.302 e. The summed E-state index contributed by atoms with van der Waals surface area (Å²) in [6.07, 6.45) is 25.3. The molecule has 6 fully saturated rings. The number of rotatable bonds is 2. The number of aliphatic hydroxyl groups excluding tert-OH is 1. The number of aromatic hydroxyl groups is 1. The van der Waals surface area contributed by atoms with Gasteiger partial charge in [-0.15, -0.1) is 5.92 Å². The number of hydrogen-bond acceptors (Lipinski definition) is 11. The molecule has 14 rings (SSSR count). The van der Waals surface area contributed by atoms with Crippen LogP contribution in [0.1, 0.15) is 182 Å². The summed E-state index contributed by atoms with van der Waals surface area (Å²) < 4.78 is 13.2. The fourth-order valence-corrected chi connectivity index (χ4v) is 20.7. The molecule has 10 nitrogen and oxygen atoms in total. The van der Waals surface area contributed by atoms with Crippen molar-refractivity contribution in [1.29, 1.82) is 0 Å². The van der Waals surface area contributed by atoms with E-state index in [9.17, 15) is 15.0 Å². The largest absolute Gasteiger partial charge is 0.504 e. The Morgan fingerprint density at radius 2 is 1.80 bits per heavy atom. The maximum atomic E-state index is 15.1. The van der Waals surface area contributed by atoms with Gasteiger partial charge in [0.1, 0.15) is 16.6 Å². The second-order valence-corrected chi connectivity index (χ2v) is 27.1. The number of phenols is 1. The molecule has 12 aliphatic rings. The molecule has 0 aromatic heterocycles. The summed E-state index contributed by atoms with van der Waals surface area (Å²) in [5.41, 5.74) is 9.74. The zero-order chi connectivity index (χ0) is 48.6. The quantitative estimate of drug-likeness (QED) is 0.0992. The number of amides is 1. The van der Waals surface area contributed by atoms with E-state index in [0.717, 1.165) is 88.2 Å². The van der Waals surface area contributed by atoms with Crippen molar-refractivity contribution in [3.05, 3.63) is 70.8 Å². The number of fused-ring (bicyclic) bond motifs is 10. The number of aryl methyl sites for hydroxylation is 1. The van der Waals surface area contributed by atoms with Gasteiger partial charge in [-0.3, -0.25) is 14.6 Å². The van der Waals surface area contributed by atoms with Crippen molar-refractivity contribution < 1.29 is 29.3 Å². The van der Waals surface area contributed by atoms with Gasteiger partial charge in [0.2, 0.25) is 5.91 Å².